The van der Waals surface area contributed by atoms with Gasteiger partial charge in [0.25, 0.3) is 0 Å². The fourth-order valence-electron chi connectivity index (χ4n) is 7.97. The van der Waals surface area contributed by atoms with Crippen LogP contribution in [0.4, 0.5) is 0 Å². The molecule has 0 bridgehead atoms. The van der Waals surface area contributed by atoms with Gasteiger partial charge in [-0.3, -0.25) is 4.99 Å². The van der Waals surface area contributed by atoms with E-state index in [1.807, 2.05) is 55.8 Å². The van der Waals surface area contributed by atoms with Crippen molar-refractivity contribution in [3.63, 3.8) is 0 Å². The molecule has 3 fully saturated rings. The Morgan fingerprint density at radius 2 is 2.05 bits per heavy atom. The van der Waals surface area contributed by atoms with E-state index in [1.165, 1.54) is 6.26 Å². The molecule has 0 radical (unpaired) electrons. The van der Waals surface area contributed by atoms with Crippen molar-refractivity contribution in [2.75, 3.05) is 33.2 Å². The maximum Gasteiger partial charge on any atom is 0.159 e. The predicted molar refractivity (Wildman–Crippen MR) is 173 cm³/mol. The van der Waals surface area contributed by atoms with Crippen LogP contribution in [0.5, 0.6) is 0 Å². The van der Waals surface area contributed by atoms with E-state index in [1.54, 1.807) is 7.05 Å². The first-order valence-corrected chi connectivity index (χ1v) is 16.9. The first kappa shape index (κ1) is 30.1. The predicted octanol–water partition coefficient (Wildman–Crippen LogP) is 6.19. The van der Waals surface area contributed by atoms with Crippen LogP contribution in [0, 0.1) is 34.5 Å². The Bertz CT molecular complexity index is 1580. The topological polar surface area (TPSA) is 99.4 Å². The van der Waals surface area contributed by atoms with Crippen molar-refractivity contribution in [3.05, 3.63) is 72.2 Å². The highest BCUT2D eigenvalue weighted by Crippen LogP contribution is 2.80. The zero-order valence-electron chi connectivity index (χ0n) is 25.5. The zero-order valence-corrected chi connectivity index (χ0v) is 26.3. The highest BCUT2D eigenvalue weighted by molar-refractivity contribution is 7.90. The van der Waals surface area contributed by atoms with Crippen molar-refractivity contribution >= 4 is 32.9 Å². The van der Waals surface area contributed by atoms with Crippen molar-refractivity contribution in [3.8, 4) is 11.4 Å². The Hall–Kier alpha value is -3.39. The Labute approximate surface area is 251 Å². The van der Waals surface area contributed by atoms with Crippen LogP contribution in [0.3, 0.4) is 0 Å². The van der Waals surface area contributed by atoms with Gasteiger partial charge in [-0.25, -0.2) is 18.4 Å². The van der Waals surface area contributed by atoms with Crippen LogP contribution < -0.4 is 0 Å². The van der Waals surface area contributed by atoms with Gasteiger partial charge in [0.2, 0.25) is 0 Å². The van der Waals surface area contributed by atoms with Gasteiger partial charge in [0.05, 0.1) is 17.2 Å². The molecular formula is C34H43N5O2S. The molecule has 5 unspecified atom stereocenters. The first-order valence-electron chi connectivity index (χ1n) is 14.9. The minimum Gasteiger partial charge on any atom is -0.383 e. The molecule has 42 heavy (non-hydrogen) atoms. The summed E-state index contributed by atoms with van der Waals surface area (Å²) in [6.45, 7) is 6.07. The summed E-state index contributed by atoms with van der Waals surface area (Å²) in [7, 11) is 2.74. The molecule has 5 atom stereocenters. The van der Waals surface area contributed by atoms with Crippen LogP contribution in [0.2, 0.25) is 0 Å². The third kappa shape index (κ3) is 5.41. The smallest absolute Gasteiger partial charge is 0.159 e. The molecule has 7 nitrogen and oxygen atoms in total. The van der Waals surface area contributed by atoms with Gasteiger partial charge >= 0.3 is 0 Å². The summed E-state index contributed by atoms with van der Waals surface area (Å²) in [5, 5.41) is 9.34. The summed E-state index contributed by atoms with van der Waals surface area (Å²) >= 11 is 0. The van der Waals surface area contributed by atoms with Gasteiger partial charge in [-0.1, -0.05) is 43.9 Å². The number of benzene rings is 1. The van der Waals surface area contributed by atoms with Crippen molar-refractivity contribution in [1.82, 2.24) is 14.9 Å². The number of hydrogen-bond acceptors (Lipinski definition) is 7. The molecule has 3 saturated carbocycles. The number of hydrogen-bond donors (Lipinski definition) is 1. The maximum absolute atomic E-state index is 12.0. The zero-order chi connectivity index (χ0) is 30.2. The molecule has 0 aliphatic heterocycles. The summed E-state index contributed by atoms with van der Waals surface area (Å²) in [5.74, 6) is 2.64. The molecule has 0 saturated heterocycles. The lowest BCUT2D eigenvalue weighted by Crippen LogP contribution is -2.74. The molecule has 1 aromatic heterocycles. The minimum atomic E-state index is -2.98. The van der Waals surface area contributed by atoms with E-state index < -0.39 is 9.84 Å². The molecule has 0 amide bonds. The van der Waals surface area contributed by atoms with E-state index in [0.29, 0.717) is 47.2 Å². The van der Waals surface area contributed by atoms with Crippen molar-refractivity contribution in [2.45, 2.75) is 39.0 Å². The third-order valence-electron chi connectivity index (χ3n) is 9.69. The van der Waals surface area contributed by atoms with Gasteiger partial charge < -0.3 is 10.3 Å². The van der Waals surface area contributed by atoms with Crippen LogP contribution >= 0.6 is 0 Å². The lowest BCUT2D eigenvalue weighted by molar-refractivity contribution is -0.300. The molecule has 1 aromatic carbocycles. The largest absolute Gasteiger partial charge is 0.383 e. The Balaban J connectivity index is 1.47. The summed E-state index contributed by atoms with van der Waals surface area (Å²) in [6.07, 6.45) is 15.7. The lowest BCUT2D eigenvalue weighted by atomic mass is 9.26. The number of allylic oxidation sites excluding steroid dienone is 4. The fraction of sp³-hybridized carbons (Fsp3) is 0.471. The molecule has 222 valence electrons. The first-order chi connectivity index (χ1) is 20.0. The Morgan fingerprint density at radius 3 is 2.64 bits per heavy atom. The van der Waals surface area contributed by atoms with Crippen LogP contribution in [-0.4, -0.2) is 68.4 Å². The number of aliphatic imine (C=N–C) groups is 1. The normalized spacial score (nSPS) is 26.9. The van der Waals surface area contributed by atoms with Crippen molar-refractivity contribution in [1.29, 1.82) is 5.41 Å². The number of rotatable bonds is 12. The highest BCUT2D eigenvalue weighted by Gasteiger charge is 2.75. The molecule has 1 heterocycles. The molecule has 3 aliphatic rings. The minimum absolute atomic E-state index is 0.208. The Morgan fingerprint density at radius 1 is 1.26 bits per heavy atom. The summed E-state index contributed by atoms with van der Waals surface area (Å²) in [5.41, 5.74) is 6.04. The monoisotopic (exact) mass is 585 g/mol. The summed E-state index contributed by atoms with van der Waals surface area (Å²) in [6, 6.07) is 8.12. The maximum atomic E-state index is 12.0. The van der Waals surface area contributed by atoms with E-state index in [9.17, 15) is 13.8 Å². The number of aromatic nitrogens is 2. The second-order valence-corrected chi connectivity index (χ2v) is 14.7. The fourth-order valence-corrected chi connectivity index (χ4v) is 9.14. The van der Waals surface area contributed by atoms with E-state index in [2.05, 4.69) is 36.7 Å². The average molecular weight is 586 g/mol. The number of sulfone groups is 1. The SMILES string of the molecule is C=C/C(=C\N(C)C)c1cccc(-c2ncc(/C(C=NC)=C/CC)c(C(=N)CC3C4CCC45C(CS(C)(=O)=O)CC35)n2)c1. The second-order valence-electron chi connectivity index (χ2n) is 12.5. The molecule has 3 aliphatic carbocycles. The second kappa shape index (κ2) is 11.7. The Kier molecular flexibility index (Phi) is 8.39. The van der Waals surface area contributed by atoms with Crippen molar-refractivity contribution in [2.24, 2.45) is 34.1 Å². The average Bonchev–Trinajstić information content (AvgIpc) is 2.92. The molecular weight excluding hydrogens is 542 g/mol. The standard InChI is InChI=1S/C34H43N5O2S/c1-7-10-25(18-36-3)28-19-37-33(24-12-9-11-23(15-24)22(8-2)20-39(4)5)38-32(28)31(35)17-27-29-13-14-34(29)26(16-30(27)34)21-42(6,40)41/h8-12,15,18-20,26-27,29-30,35H,2,7,13-14,16-17,21H2,1,3-6H3/b22-20+,25-10+,35-31?,36-18?. The molecule has 1 N–H and O–H groups in total. The van der Waals surface area contributed by atoms with E-state index >= 15 is 0 Å². The molecule has 8 heteroatoms. The van der Waals surface area contributed by atoms with Gasteiger partial charge in [-0.2, -0.15) is 0 Å². The van der Waals surface area contributed by atoms with Gasteiger partial charge in [-0.05, 0) is 84.0 Å². The van der Waals surface area contributed by atoms with E-state index in [-0.39, 0.29) is 11.3 Å². The van der Waals surface area contributed by atoms with Gasteiger partial charge in [-0.15, -0.1) is 0 Å². The van der Waals surface area contributed by atoms with Crippen LogP contribution in [-0.2, 0) is 9.84 Å². The van der Waals surface area contributed by atoms with Gasteiger partial charge in [0.1, 0.15) is 9.84 Å². The van der Waals surface area contributed by atoms with Crippen molar-refractivity contribution < 1.29 is 8.42 Å². The number of nitrogens with one attached hydrogen (secondary N) is 1. The van der Waals surface area contributed by atoms with Gasteiger partial charge in [0, 0.05) is 57.1 Å². The molecule has 5 rings (SSSR count). The summed E-state index contributed by atoms with van der Waals surface area (Å²) in [4.78, 5) is 16.1. The summed E-state index contributed by atoms with van der Waals surface area (Å²) < 4.78 is 24.1. The van der Waals surface area contributed by atoms with Crippen LogP contribution in [0.25, 0.3) is 22.5 Å². The van der Waals surface area contributed by atoms with Crippen LogP contribution in [0.1, 0.15) is 55.8 Å². The van der Waals surface area contributed by atoms with E-state index in [4.69, 9.17) is 9.97 Å². The quantitative estimate of drug-likeness (QED) is 0.237. The lowest BCUT2D eigenvalue weighted by Gasteiger charge is -2.79. The highest BCUT2D eigenvalue weighted by atomic mass is 32.2. The van der Waals surface area contributed by atoms with E-state index in [0.717, 1.165) is 53.5 Å². The third-order valence-corrected chi connectivity index (χ3v) is 10.7. The van der Waals surface area contributed by atoms with Gasteiger partial charge in [0.15, 0.2) is 5.82 Å². The molecule has 2 aromatic rings. The molecule has 1 spiro atoms. The number of nitrogens with zero attached hydrogens (tertiary/aromatic N) is 4. The van der Waals surface area contributed by atoms with Crippen LogP contribution in [0.15, 0.2) is 60.4 Å².